The van der Waals surface area contributed by atoms with Crippen LogP contribution in [0, 0.1) is 108 Å². The third kappa shape index (κ3) is 51.6. The molecular weight excluding hydrogens is 1430 g/mol. The summed E-state index contributed by atoms with van der Waals surface area (Å²) in [7, 11) is 0. The first-order valence-corrected chi connectivity index (χ1v) is 47.7. The minimum atomic E-state index is 0.322. The fourth-order valence-corrected chi connectivity index (χ4v) is 14.3. The predicted octanol–water partition coefficient (Wildman–Crippen LogP) is 38.7. The number of hydrogen-bond donors (Lipinski definition) is 0. The van der Waals surface area contributed by atoms with E-state index in [9.17, 15) is 0 Å². The van der Waals surface area contributed by atoms with Crippen molar-refractivity contribution < 1.29 is 0 Å². The largest absolute Gasteiger partial charge is 0.264 e. The molecule has 3 saturated carbocycles. The van der Waals surface area contributed by atoms with Crippen molar-refractivity contribution in [2.45, 2.75) is 412 Å². The molecule has 119 heavy (non-hydrogen) atoms. The lowest BCUT2D eigenvalue weighted by molar-refractivity contribution is 0.141. The van der Waals surface area contributed by atoms with Gasteiger partial charge in [-0.05, 0) is 220 Å². The van der Waals surface area contributed by atoms with Crippen molar-refractivity contribution in [3.05, 3.63) is 221 Å². The van der Waals surface area contributed by atoms with Crippen molar-refractivity contribution >= 4 is 10.8 Å². The van der Waals surface area contributed by atoms with Crippen LogP contribution >= 0.6 is 0 Å². The third-order valence-electron chi connectivity index (χ3n) is 27.0. The van der Waals surface area contributed by atoms with Crippen LogP contribution in [0.15, 0.2) is 182 Å². The van der Waals surface area contributed by atoms with Crippen molar-refractivity contribution in [2.75, 3.05) is 0 Å². The first kappa shape index (κ1) is 114. The molecule has 3 aliphatic rings. The molecule has 1 heteroatoms. The number of rotatable bonds is 9. The lowest BCUT2D eigenvalue weighted by atomic mass is 9.69. The van der Waals surface area contributed by atoms with E-state index >= 15 is 0 Å². The molecule has 676 valence electrons. The zero-order chi connectivity index (χ0) is 92.2. The maximum absolute atomic E-state index is 4.07. The molecule has 3 aliphatic carbocycles. The van der Waals surface area contributed by atoms with Gasteiger partial charge in [-0.2, -0.15) is 0 Å². The Bertz CT molecular complexity index is 3520. The van der Waals surface area contributed by atoms with Crippen LogP contribution in [0.1, 0.15) is 431 Å². The lowest BCUT2D eigenvalue weighted by Gasteiger charge is -2.37. The van der Waals surface area contributed by atoms with Gasteiger partial charge in [-0.3, -0.25) is 4.98 Å². The minimum Gasteiger partial charge on any atom is -0.264 e. The highest BCUT2D eigenvalue weighted by molar-refractivity contribution is 5.83. The van der Waals surface area contributed by atoms with E-state index in [0.717, 1.165) is 54.3 Å². The maximum Gasteiger partial charge on any atom is 0.0300 e. The molecule has 1 heterocycles. The van der Waals surface area contributed by atoms with E-state index in [-0.39, 0.29) is 0 Å². The topological polar surface area (TPSA) is 12.9 Å². The molecule has 1 aromatic heterocycles. The smallest absolute Gasteiger partial charge is 0.0300 e. The average molecular weight is 1630 g/mol. The summed E-state index contributed by atoms with van der Waals surface area (Å²) in [6.07, 6.45) is 22.1. The number of pyridine rings is 1. The second-order valence-corrected chi connectivity index (χ2v) is 49.3. The molecular formula is C118H199N. The number of fused-ring (bicyclic) bond motifs is 1. The van der Waals surface area contributed by atoms with E-state index in [4.69, 9.17) is 0 Å². The Morgan fingerprint density at radius 2 is 0.655 bits per heavy atom. The fourth-order valence-electron chi connectivity index (χ4n) is 14.3. The Kier molecular flexibility index (Phi) is 49.6. The molecule has 7 atom stereocenters. The van der Waals surface area contributed by atoms with E-state index in [1.165, 1.54) is 120 Å². The van der Waals surface area contributed by atoms with Gasteiger partial charge in [0.15, 0.2) is 0 Å². The molecule has 3 fully saturated rings. The van der Waals surface area contributed by atoms with Crippen molar-refractivity contribution in [1.82, 2.24) is 4.98 Å². The molecule has 0 aliphatic heterocycles. The minimum absolute atomic E-state index is 0.322. The Balaban J connectivity index is 0.00000130. The zero-order valence-electron chi connectivity index (χ0n) is 87.3. The summed E-state index contributed by atoms with van der Waals surface area (Å²) in [4.78, 5) is 4.07. The van der Waals surface area contributed by atoms with Crippen molar-refractivity contribution in [3.63, 3.8) is 0 Å². The van der Waals surface area contributed by atoms with Crippen LogP contribution in [0.2, 0.25) is 0 Å². The molecule has 1 nitrogen and oxygen atoms in total. The van der Waals surface area contributed by atoms with Crippen LogP contribution in [0.25, 0.3) is 10.8 Å². The first-order valence-electron chi connectivity index (χ1n) is 47.7. The van der Waals surface area contributed by atoms with E-state index in [1.54, 1.807) is 0 Å². The summed E-state index contributed by atoms with van der Waals surface area (Å²) < 4.78 is 0. The second kappa shape index (κ2) is 51.9. The van der Waals surface area contributed by atoms with Gasteiger partial charge in [-0.1, -0.05) is 512 Å². The van der Waals surface area contributed by atoms with Crippen molar-refractivity contribution in [2.24, 2.45) is 101 Å². The predicted molar refractivity (Wildman–Crippen MR) is 543 cm³/mol. The van der Waals surface area contributed by atoms with E-state index in [2.05, 4.69) is 473 Å². The summed E-state index contributed by atoms with van der Waals surface area (Å²) in [5.41, 5.74) is 14.7. The Hall–Kier alpha value is -5.27. The highest BCUT2D eigenvalue weighted by Gasteiger charge is 2.34. The molecule has 0 N–H and O–H groups in total. The molecule has 7 unspecified atom stereocenters. The molecule has 0 bridgehead atoms. The summed E-state index contributed by atoms with van der Waals surface area (Å²) in [6.45, 7) is 101. The van der Waals surface area contributed by atoms with Gasteiger partial charge in [-0.15, -0.1) is 0 Å². The van der Waals surface area contributed by atoms with Gasteiger partial charge < -0.3 is 0 Å². The Labute approximate surface area is 744 Å². The summed E-state index contributed by atoms with van der Waals surface area (Å²) >= 11 is 0. The van der Waals surface area contributed by atoms with Crippen LogP contribution in [-0.4, -0.2) is 4.98 Å². The number of nitrogens with zero attached hydrogens (tertiary/aromatic N) is 1. The van der Waals surface area contributed by atoms with E-state index in [0.29, 0.717) is 83.2 Å². The summed E-state index contributed by atoms with van der Waals surface area (Å²) in [5.74, 6) is 8.92. The molecule has 6 aromatic carbocycles. The average Bonchev–Trinajstić information content (AvgIpc) is 0.837. The van der Waals surface area contributed by atoms with Gasteiger partial charge in [0.25, 0.3) is 0 Å². The Morgan fingerprint density at radius 1 is 0.311 bits per heavy atom. The van der Waals surface area contributed by atoms with Crippen LogP contribution < -0.4 is 0 Å². The fraction of sp³-hybridized carbons (Fsp3) is 0.669. The van der Waals surface area contributed by atoms with Gasteiger partial charge >= 0.3 is 0 Å². The highest BCUT2D eigenvalue weighted by atomic mass is 14.6. The number of hydrogen-bond acceptors (Lipinski definition) is 1. The van der Waals surface area contributed by atoms with Gasteiger partial charge in [0.1, 0.15) is 0 Å². The standard InChI is InChI=1S/C16H20.C13H20.C12H24.2C12H18.C11H16.C10H15N.C9H20.C8H16.C8H18.C7H14/c1-12(16(2,3)4)14-10-9-13-7-5-6-8-15(13)11-14;1-10-6-8-12(9-7-10)11(2)13(3,4)5;3*1-10(12(2,3)4)11-8-6-5-7-9-11;1-11(2,3)9-10-7-5-4-6-8-10;1-10(2,3)7-9-5-4-6-11-8-9;1-7(2)8(3)9(4,5)6;1-8(2,3)7-5-4-6-7;1-6-7(2)8(3,4)5;1-7(2,3)6-4-5-6/h5-12H,1-4H3;6-9,11H,1-5H3;10-11H,5-9H2,1-4H3;2*5-10H,1-4H3;4-8H,9H2,1-3H3;4-6,8H,7H2,1-3H3;7-8H,1-6H3;7H,4-6H2,1-3H3;7H,6H2,1-5H3;6H,4-5H2,1-3H3. The second-order valence-electron chi connectivity index (χ2n) is 49.3. The molecule has 0 saturated heterocycles. The number of aromatic nitrogens is 1. The number of benzene rings is 6. The van der Waals surface area contributed by atoms with Gasteiger partial charge in [-0.25, -0.2) is 0 Å². The third-order valence-corrected chi connectivity index (χ3v) is 27.0. The maximum atomic E-state index is 4.07. The Morgan fingerprint density at radius 3 is 0.933 bits per heavy atom. The molecule has 7 aromatic rings. The van der Waals surface area contributed by atoms with E-state index in [1.807, 2.05) is 18.5 Å². The monoisotopic (exact) mass is 1630 g/mol. The molecule has 0 radical (unpaired) electrons. The highest BCUT2D eigenvalue weighted by Crippen LogP contribution is 2.46. The lowest BCUT2D eigenvalue weighted by Crippen LogP contribution is -2.27. The van der Waals surface area contributed by atoms with Gasteiger partial charge in [0, 0.05) is 12.4 Å². The van der Waals surface area contributed by atoms with Crippen LogP contribution in [0.5, 0.6) is 0 Å². The molecule has 10 rings (SSSR count). The van der Waals surface area contributed by atoms with Crippen molar-refractivity contribution in [1.29, 1.82) is 0 Å². The van der Waals surface area contributed by atoms with Crippen LogP contribution in [0.4, 0.5) is 0 Å². The zero-order valence-corrected chi connectivity index (χ0v) is 87.3. The summed E-state index contributed by atoms with van der Waals surface area (Å²) in [6, 6.07) is 60.4. The molecule has 0 spiro atoms. The quantitative estimate of drug-likeness (QED) is 0.140. The normalized spacial score (nSPS) is 16.1. The van der Waals surface area contributed by atoms with Gasteiger partial charge in [0.2, 0.25) is 0 Å². The van der Waals surface area contributed by atoms with Gasteiger partial charge in [0.05, 0.1) is 0 Å². The summed E-state index contributed by atoms with van der Waals surface area (Å²) in [5, 5.41) is 2.67. The van der Waals surface area contributed by atoms with Crippen molar-refractivity contribution in [3.8, 4) is 0 Å². The van der Waals surface area contributed by atoms with Crippen LogP contribution in [0.3, 0.4) is 0 Å². The van der Waals surface area contributed by atoms with E-state index < -0.39 is 0 Å². The SMILES string of the molecule is CC(C)(C)C1CC1.CC(C)(C)C1CCC1.CC(C)(C)Cc1ccccc1.CC(C)(C)Cc1cccnc1.CC(C)C(C)C(C)(C)C.CC(C1CCCCC1)C(C)(C)C.CC(c1ccc2ccccc2c1)C(C)(C)C.CC(c1ccccc1)C(C)(C)C.CC(c1ccccc1)C(C)(C)C.CCC(C)C(C)(C)C.Cc1ccc(C(C)C(C)(C)C)cc1. The first-order chi connectivity index (χ1) is 54.1. The number of aryl methyl sites for hydroxylation is 1. The van der Waals surface area contributed by atoms with Crippen LogP contribution in [-0.2, 0) is 12.8 Å². The molecule has 0 amide bonds.